The van der Waals surface area contributed by atoms with Gasteiger partial charge in [-0.2, -0.15) is 13.2 Å². The number of halogens is 5. The number of rotatable bonds is 4. The Hall–Kier alpha value is -3.01. The van der Waals surface area contributed by atoms with Gasteiger partial charge in [-0.05, 0) is 30.7 Å². The number of carbonyl (C=O) groups excluding carboxylic acids is 1. The molecule has 1 amide bonds. The van der Waals surface area contributed by atoms with E-state index in [0.717, 1.165) is 16.8 Å². The van der Waals surface area contributed by atoms with E-state index in [1.165, 1.54) is 31.3 Å². The van der Waals surface area contributed by atoms with Gasteiger partial charge in [0, 0.05) is 12.4 Å². The molecule has 0 fully saturated rings. The first-order valence-corrected chi connectivity index (χ1v) is 8.71. The van der Waals surface area contributed by atoms with Crippen molar-refractivity contribution in [1.29, 1.82) is 0 Å². The molecule has 3 aromatic heterocycles. The summed E-state index contributed by atoms with van der Waals surface area (Å²) in [5.74, 6) is -2.35. The van der Waals surface area contributed by atoms with Crippen molar-refractivity contribution in [3.63, 3.8) is 0 Å². The van der Waals surface area contributed by atoms with E-state index in [9.17, 15) is 27.2 Å². The Morgan fingerprint density at radius 2 is 2.03 bits per heavy atom. The van der Waals surface area contributed by atoms with Crippen molar-refractivity contribution in [3.8, 4) is 5.82 Å². The van der Waals surface area contributed by atoms with Crippen molar-refractivity contribution in [2.24, 2.45) is 0 Å². The largest absolute Gasteiger partial charge is 0.408 e. The summed E-state index contributed by atoms with van der Waals surface area (Å²) in [5.41, 5.74) is -1.58. The molecule has 0 unspecified atom stereocenters. The van der Waals surface area contributed by atoms with Crippen LogP contribution in [0.3, 0.4) is 0 Å². The van der Waals surface area contributed by atoms with E-state index in [0.29, 0.717) is 0 Å². The average Bonchev–Trinajstić information content (AvgIpc) is 2.66. The molecule has 0 aliphatic heterocycles. The molecular formula is C18H13ClF4N4O2. The minimum absolute atomic E-state index is 0.0118. The second-order valence-corrected chi connectivity index (χ2v) is 6.42. The number of pyridine rings is 3. The van der Waals surface area contributed by atoms with Gasteiger partial charge < -0.3 is 5.32 Å². The number of carbonyl (C=O) groups is 1. The van der Waals surface area contributed by atoms with Gasteiger partial charge in [-0.15, -0.1) is 0 Å². The first kappa shape index (κ1) is 20.7. The van der Waals surface area contributed by atoms with Crippen LogP contribution in [0.5, 0.6) is 0 Å². The zero-order valence-corrected chi connectivity index (χ0v) is 15.6. The summed E-state index contributed by atoms with van der Waals surface area (Å²) < 4.78 is 54.3. The van der Waals surface area contributed by atoms with Crippen molar-refractivity contribution in [2.45, 2.75) is 25.6 Å². The molecule has 0 radical (unpaired) electrons. The molecule has 0 saturated carbocycles. The number of alkyl halides is 3. The second-order valence-electron chi connectivity index (χ2n) is 6.03. The fourth-order valence-electron chi connectivity index (χ4n) is 2.71. The van der Waals surface area contributed by atoms with Crippen molar-refractivity contribution in [2.75, 3.05) is 0 Å². The fourth-order valence-corrected chi connectivity index (χ4v) is 2.85. The Morgan fingerprint density at radius 3 is 2.66 bits per heavy atom. The molecule has 3 rings (SSSR count). The lowest BCUT2D eigenvalue weighted by molar-refractivity contribution is -0.153. The molecular weight excluding hydrogens is 416 g/mol. The Morgan fingerprint density at radius 1 is 1.31 bits per heavy atom. The number of amides is 1. The lowest BCUT2D eigenvalue weighted by Gasteiger charge is -2.20. The third kappa shape index (κ3) is 4.07. The smallest absolute Gasteiger partial charge is 0.340 e. The van der Waals surface area contributed by atoms with Crippen molar-refractivity contribution in [1.82, 2.24) is 19.9 Å². The summed E-state index contributed by atoms with van der Waals surface area (Å²) in [4.78, 5) is 33.0. The third-order valence-electron chi connectivity index (χ3n) is 4.14. The standard InChI is InChI=1S/C18H13ClF4N4O2/c1-2-12(18(21,22)23)25-17(29)10-8-27(16-11(20)4-3-7-24-16)15-9(14(10)28)5-6-13(19)26-15/h3-8,12H,2H2,1H3,(H,25,29)/t12-/m1/s1. The first-order valence-electron chi connectivity index (χ1n) is 8.33. The first-order chi connectivity index (χ1) is 13.6. The van der Waals surface area contributed by atoms with Gasteiger partial charge in [0.05, 0.1) is 5.39 Å². The number of nitrogens with one attached hydrogen (secondary N) is 1. The van der Waals surface area contributed by atoms with Crippen LogP contribution in [0.15, 0.2) is 41.5 Å². The van der Waals surface area contributed by atoms with Gasteiger partial charge in [-0.25, -0.2) is 14.4 Å². The van der Waals surface area contributed by atoms with Crippen LogP contribution in [0.25, 0.3) is 16.9 Å². The number of nitrogens with zero attached hydrogens (tertiary/aromatic N) is 3. The van der Waals surface area contributed by atoms with Crippen LogP contribution < -0.4 is 10.7 Å². The van der Waals surface area contributed by atoms with Crippen LogP contribution >= 0.6 is 11.6 Å². The average molecular weight is 429 g/mol. The topological polar surface area (TPSA) is 76.9 Å². The summed E-state index contributed by atoms with van der Waals surface area (Å²) in [7, 11) is 0. The molecule has 0 spiro atoms. The molecule has 29 heavy (non-hydrogen) atoms. The van der Waals surface area contributed by atoms with Crippen LogP contribution in [0.2, 0.25) is 5.15 Å². The van der Waals surface area contributed by atoms with Gasteiger partial charge in [-0.3, -0.25) is 14.2 Å². The molecule has 0 aromatic carbocycles. The summed E-state index contributed by atoms with van der Waals surface area (Å²) in [6.45, 7) is 1.24. The van der Waals surface area contributed by atoms with Crippen molar-refractivity contribution >= 4 is 28.5 Å². The Bertz CT molecular complexity index is 1150. The van der Waals surface area contributed by atoms with Gasteiger partial charge in [-0.1, -0.05) is 18.5 Å². The lowest BCUT2D eigenvalue weighted by atomic mass is 10.1. The van der Waals surface area contributed by atoms with Gasteiger partial charge in [0.25, 0.3) is 5.91 Å². The zero-order valence-electron chi connectivity index (χ0n) is 14.8. The van der Waals surface area contributed by atoms with E-state index >= 15 is 0 Å². The predicted octanol–water partition coefficient (Wildman–Crippen LogP) is 3.64. The van der Waals surface area contributed by atoms with Crippen LogP contribution in [0.1, 0.15) is 23.7 Å². The summed E-state index contributed by atoms with van der Waals surface area (Å²) in [6, 6.07) is 2.80. The monoisotopic (exact) mass is 428 g/mol. The van der Waals surface area contributed by atoms with Crippen LogP contribution in [-0.4, -0.2) is 32.7 Å². The maximum absolute atomic E-state index is 14.3. The van der Waals surface area contributed by atoms with Crippen molar-refractivity contribution < 1.29 is 22.4 Å². The number of hydrogen-bond donors (Lipinski definition) is 1. The van der Waals surface area contributed by atoms with Crippen molar-refractivity contribution in [3.05, 3.63) is 63.4 Å². The number of aromatic nitrogens is 3. The van der Waals surface area contributed by atoms with Crippen LogP contribution in [0, 0.1) is 5.82 Å². The normalized spacial score (nSPS) is 12.8. The van der Waals surface area contributed by atoms with Crippen LogP contribution in [-0.2, 0) is 0 Å². The molecule has 3 aromatic rings. The molecule has 11 heteroatoms. The highest BCUT2D eigenvalue weighted by molar-refractivity contribution is 6.29. The van der Waals surface area contributed by atoms with Gasteiger partial charge >= 0.3 is 6.18 Å². The third-order valence-corrected chi connectivity index (χ3v) is 4.35. The number of fused-ring (bicyclic) bond motifs is 1. The quantitative estimate of drug-likeness (QED) is 0.508. The van der Waals surface area contributed by atoms with E-state index in [1.54, 1.807) is 5.32 Å². The fraction of sp³-hybridized carbons (Fsp3) is 0.222. The second kappa shape index (κ2) is 7.78. The van der Waals surface area contributed by atoms with Gasteiger partial charge in [0.1, 0.15) is 16.8 Å². The molecule has 0 aliphatic rings. The Kier molecular flexibility index (Phi) is 5.56. The van der Waals surface area contributed by atoms with Gasteiger partial charge in [0.15, 0.2) is 17.3 Å². The molecule has 6 nitrogen and oxygen atoms in total. The minimum atomic E-state index is -4.69. The highest BCUT2D eigenvalue weighted by Crippen LogP contribution is 2.23. The van der Waals surface area contributed by atoms with E-state index in [2.05, 4.69) is 9.97 Å². The highest BCUT2D eigenvalue weighted by Gasteiger charge is 2.39. The maximum atomic E-state index is 14.3. The summed E-state index contributed by atoms with van der Waals surface area (Å²) in [6.07, 6.45) is -2.95. The van der Waals surface area contributed by atoms with E-state index in [1.807, 2.05) is 0 Å². The van der Waals surface area contributed by atoms with Crippen LogP contribution in [0.4, 0.5) is 17.6 Å². The maximum Gasteiger partial charge on any atom is 0.408 e. The molecule has 0 aliphatic carbocycles. The molecule has 1 atom stereocenters. The predicted molar refractivity (Wildman–Crippen MR) is 97.7 cm³/mol. The lowest BCUT2D eigenvalue weighted by Crippen LogP contribution is -2.46. The molecule has 0 bridgehead atoms. The summed E-state index contributed by atoms with van der Waals surface area (Å²) >= 11 is 5.87. The molecule has 3 heterocycles. The SMILES string of the molecule is CC[C@@H](NC(=O)c1cn(-c2ncccc2F)c2nc(Cl)ccc2c1=O)C(F)(F)F. The zero-order chi connectivity index (χ0) is 21.3. The van der Waals surface area contributed by atoms with E-state index < -0.39 is 41.4 Å². The summed E-state index contributed by atoms with van der Waals surface area (Å²) in [5, 5.41) is 1.65. The van der Waals surface area contributed by atoms with E-state index in [4.69, 9.17) is 11.6 Å². The number of hydrogen-bond acceptors (Lipinski definition) is 4. The molecule has 1 N–H and O–H groups in total. The Labute approximate surface area is 166 Å². The minimum Gasteiger partial charge on any atom is -0.340 e. The van der Waals surface area contributed by atoms with Gasteiger partial charge in [0.2, 0.25) is 5.43 Å². The highest BCUT2D eigenvalue weighted by atomic mass is 35.5. The van der Waals surface area contributed by atoms with E-state index in [-0.39, 0.29) is 22.0 Å². The molecule has 0 saturated heterocycles. The Balaban J connectivity index is 2.23. The molecule has 152 valence electrons.